The van der Waals surface area contributed by atoms with E-state index in [2.05, 4.69) is 21.2 Å². The molecule has 1 saturated heterocycles. The molecule has 1 fully saturated rings. The lowest BCUT2D eigenvalue weighted by molar-refractivity contribution is 0.0712. The Morgan fingerprint density at radius 3 is 3.06 bits per heavy atom. The Hall–Kier alpha value is -0.580. The summed E-state index contributed by atoms with van der Waals surface area (Å²) < 4.78 is 6.27. The van der Waals surface area contributed by atoms with Crippen LogP contribution in [0.4, 0.5) is 0 Å². The summed E-state index contributed by atoms with van der Waals surface area (Å²) in [4.78, 5) is 12.1. The second-order valence-corrected chi connectivity index (χ2v) is 5.65. The molecule has 1 amide bonds. The third-order valence-electron chi connectivity index (χ3n) is 3.08. The fourth-order valence-corrected chi connectivity index (χ4v) is 2.63. The summed E-state index contributed by atoms with van der Waals surface area (Å²) >= 11 is 9.40. The molecule has 0 aromatic heterocycles. The van der Waals surface area contributed by atoms with Gasteiger partial charge in [0, 0.05) is 11.1 Å². The number of nitrogens with one attached hydrogen (secondary N) is 1. The minimum atomic E-state index is -0.163. The fraction of sp³-hybridized carbons (Fsp3) is 0.462. The lowest BCUT2D eigenvalue weighted by Crippen LogP contribution is -2.40. The molecule has 0 saturated carbocycles. The minimum Gasteiger partial charge on any atom is -0.376 e. The molecule has 1 aliphatic rings. The minimum absolute atomic E-state index is 0.00458. The highest BCUT2D eigenvalue weighted by atomic mass is 79.9. The number of carbonyl (C=O) groups is 1. The summed E-state index contributed by atoms with van der Waals surface area (Å²) in [5, 5.41) is 3.38. The van der Waals surface area contributed by atoms with E-state index in [9.17, 15) is 4.79 Å². The molecule has 0 spiro atoms. The Morgan fingerprint density at radius 1 is 1.61 bits per heavy atom. The maximum Gasteiger partial charge on any atom is 0.253 e. The van der Waals surface area contributed by atoms with Crippen molar-refractivity contribution in [2.75, 3.05) is 6.61 Å². The smallest absolute Gasteiger partial charge is 0.253 e. The van der Waals surface area contributed by atoms with E-state index >= 15 is 0 Å². The molecule has 1 aromatic rings. The van der Waals surface area contributed by atoms with Crippen LogP contribution in [0.1, 0.15) is 30.1 Å². The zero-order valence-corrected chi connectivity index (χ0v) is 12.4. The molecule has 2 atom stereocenters. The predicted octanol–water partition coefficient (Wildman–Crippen LogP) is 3.40. The summed E-state index contributed by atoms with van der Waals surface area (Å²) in [6.45, 7) is 2.74. The first-order chi connectivity index (χ1) is 8.59. The second kappa shape index (κ2) is 6.04. The first-order valence-electron chi connectivity index (χ1n) is 5.96. The van der Waals surface area contributed by atoms with Crippen LogP contribution in [0.3, 0.4) is 0 Å². The molecule has 2 rings (SSSR count). The maximum atomic E-state index is 12.1. The average molecular weight is 333 g/mol. The summed E-state index contributed by atoms with van der Waals surface area (Å²) in [7, 11) is 0. The lowest BCUT2D eigenvalue weighted by Gasteiger charge is -2.20. The number of benzene rings is 1. The van der Waals surface area contributed by atoms with Crippen molar-refractivity contribution in [3.63, 3.8) is 0 Å². The van der Waals surface area contributed by atoms with Crippen LogP contribution in [0.2, 0.25) is 5.02 Å². The maximum absolute atomic E-state index is 12.1. The van der Waals surface area contributed by atoms with Crippen LogP contribution >= 0.6 is 27.5 Å². The van der Waals surface area contributed by atoms with Gasteiger partial charge in [0.25, 0.3) is 5.91 Å². The normalized spacial score (nSPS) is 20.7. The topological polar surface area (TPSA) is 38.3 Å². The molecule has 1 heterocycles. The zero-order chi connectivity index (χ0) is 13.1. The molecule has 18 heavy (non-hydrogen) atoms. The van der Waals surface area contributed by atoms with Crippen LogP contribution in [0.5, 0.6) is 0 Å². The number of hydrogen-bond acceptors (Lipinski definition) is 2. The summed E-state index contributed by atoms with van der Waals surface area (Å²) in [5.74, 6) is -0.163. The van der Waals surface area contributed by atoms with Crippen molar-refractivity contribution in [1.29, 1.82) is 0 Å². The van der Waals surface area contributed by atoms with Crippen molar-refractivity contribution in [3.05, 3.63) is 33.3 Å². The van der Waals surface area contributed by atoms with Gasteiger partial charge in [0.1, 0.15) is 0 Å². The van der Waals surface area contributed by atoms with Crippen LogP contribution in [0, 0.1) is 0 Å². The Bertz CT molecular complexity index is 447. The van der Waals surface area contributed by atoms with Gasteiger partial charge in [-0.1, -0.05) is 17.7 Å². The Balaban J connectivity index is 2.05. The van der Waals surface area contributed by atoms with Crippen molar-refractivity contribution < 1.29 is 9.53 Å². The zero-order valence-electron chi connectivity index (χ0n) is 10.1. The quantitative estimate of drug-likeness (QED) is 0.921. The molecular formula is C13H15BrClNO2. The van der Waals surface area contributed by atoms with Gasteiger partial charge in [0.05, 0.1) is 22.7 Å². The van der Waals surface area contributed by atoms with Crippen molar-refractivity contribution in [3.8, 4) is 0 Å². The molecule has 3 nitrogen and oxygen atoms in total. The number of halogens is 2. The van der Waals surface area contributed by atoms with Crippen molar-refractivity contribution in [1.82, 2.24) is 5.32 Å². The molecule has 0 radical (unpaired) electrons. The highest BCUT2D eigenvalue weighted by Crippen LogP contribution is 2.26. The van der Waals surface area contributed by atoms with E-state index in [1.54, 1.807) is 12.1 Å². The highest BCUT2D eigenvalue weighted by molar-refractivity contribution is 9.10. The van der Waals surface area contributed by atoms with Gasteiger partial charge in [0.15, 0.2) is 0 Å². The molecule has 98 valence electrons. The number of rotatable bonds is 3. The van der Waals surface area contributed by atoms with Gasteiger partial charge in [-0.05, 0) is 47.8 Å². The second-order valence-electron chi connectivity index (χ2n) is 4.41. The third kappa shape index (κ3) is 3.05. The van der Waals surface area contributed by atoms with Gasteiger partial charge in [-0.2, -0.15) is 0 Å². The number of ether oxygens (including phenoxy) is 1. The Labute approximate surface area is 120 Å². The van der Waals surface area contributed by atoms with Crippen LogP contribution in [0.25, 0.3) is 0 Å². The van der Waals surface area contributed by atoms with E-state index in [0.29, 0.717) is 10.6 Å². The van der Waals surface area contributed by atoms with E-state index in [1.165, 1.54) is 0 Å². The summed E-state index contributed by atoms with van der Waals surface area (Å²) in [6.07, 6.45) is 2.16. The summed E-state index contributed by atoms with van der Waals surface area (Å²) in [6, 6.07) is 5.31. The van der Waals surface area contributed by atoms with E-state index in [0.717, 1.165) is 23.9 Å². The first kappa shape index (κ1) is 13.8. The molecular weight excluding hydrogens is 318 g/mol. The van der Waals surface area contributed by atoms with Crippen molar-refractivity contribution in [2.45, 2.75) is 31.9 Å². The molecule has 2 unspecified atom stereocenters. The van der Waals surface area contributed by atoms with Crippen molar-refractivity contribution >= 4 is 33.4 Å². The van der Waals surface area contributed by atoms with Gasteiger partial charge in [-0.25, -0.2) is 0 Å². The molecule has 1 N–H and O–H groups in total. The Morgan fingerprint density at radius 2 is 2.39 bits per heavy atom. The summed E-state index contributed by atoms with van der Waals surface area (Å²) in [5.41, 5.74) is 0.482. The van der Waals surface area contributed by atoms with Gasteiger partial charge in [0.2, 0.25) is 0 Å². The van der Waals surface area contributed by atoms with Gasteiger partial charge in [-0.15, -0.1) is 0 Å². The van der Waals surface area contributed by atoms with Crippen LogP contribution < -0.4 is 5.32 Å². The van der Waals surface area contributed by atoms with E-state index in [4.69, 9.17) is 16.3 Å². The first-order valence-corrected chi connectivity index (χ1v) is 7.13. The molecule has 5 heteroatoms. The van der Waals surface area contributed by atoms with Crippen LogP contribution in [-0.4, -0.2) is 24.7 Å². The number of amides is 1. The standard InChI is InChI=1S/C13H15BrClNO2/c1-8(11-6-3-7-18-11)16-13(17)9-4-2-5-10(14)12(9)15/h2,4-5,8,11H,3,6-7H2,1H3,(H,16,17). The van der Waals surface area contributed by atoms with Crippen molar-refractivity contribution in [2.24, 2.45) is 0 Å². The largest absolute Gasteiger partial charge is 0.376 e. The number of carbonyl (C=O) groups excluding carboxylic acids is 1. The van der Waals surface area contributed by atoms with E-state index in [-0.39, 0.29) is 18.1 Å². The molecule has 0 aliphatic carbocycles. The van der Waals surface area contributed by atoms with Crippen LogP contribution in [-0.2, 0) is 4.74 Å². The van der Waals surface area contributed by atoms with E-state index in [1.807, 2.05) is 13.0 Å². The Kier molecular flexibility index (Phi) is 4.65. The third-order valence-corrected chi connectivity index (χ3v) is 4.37. The molecule has 1 aromatic carbocycles. The van der Waals surface area contributed by atoms with Crippen LogP contribution in [0.15, 0.2) is 22.7 Å². The average Bonchev–Trinajstić information content (AvgIpc) is 2.86. The highest BCUT2D eigenvalue weighted by Gasteiger charge is 2.24. The lowest BCUT2D eigenvalue weighted by atomic mass is 10.1. The predicted molar refractivity (Wildman–Crippen MR) is 75.1 cm³/mol. The fourth-order valence-electron chi connectivity index (χ4n) is 2.05. The van der Waals surface area contributed by atoms with Gasteiger partial charge >= 0.3 is 0 Å². The molecule has 1 aliphatic heterocycles. The number of hydrogen-bond donors (Lipinski definition) is 1. The monoisotopic (exact) mass is 331 g/mol. The van der Waals surface area contributed by atoms with Gasteiger partial charge < -0.3 is 10.1 Å². The van der Waals surface area contributed by atoms with Gasteiger partial charge in [-0.3, -0.25) is 4.79 Å². The SMILES string of the molecule is CC(NC(=O)c1cccc(Br)c1Cl)C1CCCO1. The molecule has 0 bridgehead atoms. The van der Waals surface area contributed by atoms with E-state index < -0.39 is 0 Å².